The molecular weight excluding hydrogens is 314 g/mol. The summed E-state index contributed by atoms with van der Waals surface area (Å²) in [6.45, 7) is 6.23. The molecule has 0 fully saturated rings. The lowest BCUT2D eigenvalue weighted by molar-refractivity contribution is -0.161. The molecule has 0 spiro atoms. The molecule has 1 aromatic carbocycles. The standard InChI is InChI=1S/C17H23NO6/c1-16(2,3)24-13(19)10-17(4,14(20)21)18-15(22)23-11-12-8-6-5-7-9-12/h5-9H,10-11H2,1-4H3,(H,18,22)(H,20,21)/t17-/m1/s1. The normalized spacial score (nSPS) is 13.5. The minimum atomic E-state index is -1.82. The van der Waals surface area contributed by atoms with Crippen molar-refractivity contribution < 1.29 is 29.0 Å². The molecule has 0 unspecified atom stereocenters. The van der Waals surface area contributed by atoms with Crippen molar-refractivity contribution >= 4 is 18.0 Å². The fourth-order valence-electron chi connectivity index (χ4n) is 1.82. The molecule has 7 heteroatoms. The van der Waals surface area contributed by atoms with E-state index in [1.54, 1.807) is 45.0 Å². The quantitative estimate of drug-likeness (QED) is 0.773. The van der Waals surface area contributed by atoms with Gasteiger partial charge in [-0.2, -0.15) is 0 Å². The number of rotatable bonds is 6. The number of carbonyl (C=O) groups is 3. The van der Waals surface area contributed by atoms with Gasteiger partial charge in [-0.25, -0.2) is 9.59 Å². The number of carboxylic acid groups (broad SMARTS) is 1. The molecule has 0 aliphatic carbocycles. The minimum Gasteiger partial charge on any atom is -0.479 e. The van der Waals surface area contributed by atoms with Gasteiger partial charge in [0.05, 0.1) is 6.42 Å². The van der Waals surface area contributed by atoms with Crippen LogP contribution < -0.4 is 5.32 Å². The highest BCUT2D eigenvalue weighted by molar-refractivity contribution is 5.89. The summed E-state index contributed by atoms with van der Waals surface area (Å²) in [7, 11) is 0. The Hall–Kier alpha value is -2.57. The number of carbonyl (C=O) groups excluding carboxylic acids is 2. The van der Waals surface area contributed by atoms with Crippen LogP contribution in [0.15, 0.2) is 30.3 Å². The van der Waals surface area contributed by atoms with E-state index in [0.29, 0.717) is 0 Å². The average molecular weight is 337 g/mol. The van der Waals surface area contributed by atoms with E-state index in [1.807, 2.05) is 6.07 Å². The molecule has 0 bridgehead atoms. The van der Waals surface area contributed by atoms with Crippen LogP contribution in [0.1, 0.15) is 39.7 Å². The molecule has 7 nitrogen and oxygen atoms in total. The Bertz CT molecular complexity index is 593. The highest BCUT2D eigenvalue weighted by atomic mass is 16.6. The monoisotopic (exact) mass is 337 g/mol. The van der Waals surface area contributed by atoms with Crippen LogP contribution in [0.4, 0.5) is 4.79 Å². The van der Waals surface area contributed by atoms with Crippen LogP contribution in [0.3, 0.4) is 0 Å². The summed E-state index contributed by atoms with van der Waals surface area (Å²) in [5.74, 6) is -2.08. The molecule has 0 saturated heterocycles. The second-order valence-corrected chi connectivity index (χ2v) is 6.59. The number of hydrogen-bond donors (Lipinski definition) is 2. The largest absolute Gasteiger partial charge is 0.479 e. The summed E-state index contributed by atoms with van der Waals surface area (Å²) >= 11 is 0. The first-order valence-corrected chi connectivity index (χ1v) is 7.46. The Kier molecular flexibility index (Phi) is 6.34. The summed E-state index contributed by atoms with van der Waals surface area (Å²) in [5.41, 5.74) is -1.81. The smallest absolute Gasteiger partial charge is 0.408 e. The molecule has 0 heterocycles. The van der Waals surface area contributed by atoms with Gasteiger partial charge < -0.3 is 19.9 Å². The van der Waals surface area contributed by atoms with Crippen molar-refractivity contribution in [3.8, 4) is 0 Å². The summed E-state index contributed by atoms with van der Waals surface area (Å²) in [4.78, 5) is 35.2. The van der Waals surface area contributed by atoms with Crippen LogP contribution in [-0.2, 0) is 25.7 Å². The number of nitrogens with one attached hydrogen (secondary N) is 1. The molecule has 1 rings (SSSR count). The molecule has 132 valence electrons. The van der Waals surface area contributed by atoms with Crippen LogP contribution in [0.25, 0.3) is 0 Å². The van der Waals surface area contributed by atoms with Crippen LogP contribution in [0.5, 0.6) is 0 Å². The molecule has 1 atom stereocenters. The highest BCUT2D eigenvalue weighted by Crippen LogP contribution is 2.16. The van der Waals surface area contributed by atoms with Gasteiger partial charge in [-0.15, -0.1) is 0 Å². The van der Waals surface area contributed by atoms with Gasteiger partial charge in [-0.1, -0.05) is 30.3 Å². The SMILES string of the molecule is CC(C)(C)OC(=O)C[C@@](C)(NC(=O)OCc1ccccc1)C(=O)O. The first-order valence-electron chi connectivity index (χ1n) is 7.46. The maximum Gasteiger partial charge on any atom is 0.408 e. The Balaban J connectivity index is 2.65. The van der Waals surface area contributed by atoms with E-state index in [1.165, 1.54) is 6.92 Å². The van der Waals surface area contributed by atoms with Gasteiger partial charge in [0.1, 0.15) is 17.7 Å². The second kappa shape index (κ2) is 7.81. The molecule has 2 N–H and O–H groups in total. The van der Waals surface area contributed by atoms with E-state index >= 15 is 0 Å². The van der Waals surface area contributed by atoms with E-state index in [9.17, 15) is 19.5 Å². The molecule has 0 aliphatic heterocycles. The molecule has 0 saturated carbocycles. The van der Waals surface area contributed by atoms with Gasteiger partial charge in [0, 0.05) is 0 Å². The fraction of sp³-hybridized carbons (Fsp3) is 0.471. The van der Waals surface area contributed by atoms with Crippen molar-refractivity contribution in [2.75, 3.05) is 0 Å². The van der Waals surface area contributed by atoms with Crippen molar-refractivity contribution in [1.82, 2.24) is 5.32 Å². The summed E-state index contributed by atoms with van der Waals surface area (Å²) in [6, 6.07) is 8.95. The molecule has 24 heavy (non-hydrogen) atoms. The number of hydrogen-bond acceptors (Lipinski definition) is 5. The number of benzene rings is 1. The lowest BCUT2D eigenvalue weighted by Gasteiger charge is -2.27. The first-order chi connectivity index (χ1) is 11.0. The lowest BCUT2D eigenvalue weighted by Crippen LogP contribution is -2.54. The van der Waals surface area contributed by atoms with E-state index in [0.717, 1.165) is 5.56 Å². The molecular formula is C17H23NO6. The third-order valence-corrected chi connectivity index (χ3v) is 2.98. The van der Waals surface area contributed by atoms with Crippen LogP contribution in [-0.4, -0.2) is 34.3 Å². The molecule has 0 aromatic heterocycles. The van der Waals surface area contributed by atoms with Crippen LogP contribution in [0, 0.1) is 0 Å². The minimum absolute atomic E-state index is 0.00515. The Labute approximate surface area is 141 Å². The molecule has 0 aliphatic rings. The summed E-state index contributed by atoms with van der Waals surface area (Å²) < 4.78 is 10.1. The number of esters is 1. The van der Waals surface area contributed by atoms with E-state index < -0.39 is 35.6 Å². The van der Waals surface area contributed by atoms with E-state index in [4.69, 9.17) is 9.47 Å². The predicted octanol–water partition coefficient (Wildman–Crippen LogP) is 2.49. The van der Waals surface area contributed by atoms with Gasteiger partial charge in [0.25, 0.3) is 0 Å². The maximum atomic E-state index is 11.9. The van der Waals surface area contributed by atoms with Crippen molar-refractivity contribution in [3.05, 3.63) is 35.9 Å². The lowest BCUT2D eigenvalue weighted by atomic mass is 9.98. The van der Waals surface area contributed by atoms with Crippen molar-refractivity contribution in [3.63, 3.8) is 0 Å². The van der Waals surface area contributed by atoms with E-state index in [-0.39, 0.29) is 6.61 Å². The molecule has 0 radical (unpaired) electrons. The third-order valence-electron chi connectivity index (χ3n) is 2.98. The predicted molar refractivity (Wildman–Crippen MR) is 86.3 cm³/mol. The maximum absolute atomic E-state index is 11.9. The van der Waals surface area contributed by atoms with E-state index in [2.05, 4.69) is 5.32 Å². The Morgan fingerprint density at radius 3 is 2.17 bits per heavy atom. The second-order valence-electron chi connectivity index (χ2n) is 6.59. The van der Waals surface area contributed by atoms with Crippen molar-refractivity contribution in [2.24, 2.45) is 0 Å². The number of alkyl carbamates (subject to hydrolysis) is 1. The summed E-state index contributed by atoms with van der Waals surface area (Å²) in [5, 5.41) is 11.6. The van der Waals surface area contributed by atoms with Gasteiger partial charge in [-0.05, 0) is 33.3 Å². The highest BCUT2D eigenvalue weighted by Gasteiger charge is 2.39. The third kappa shape index (κ3) is 6.68. The van der Waals surface area contributed by atoms with Gasteiger partial charge in [-0.3, -0.25) is 4.79 Å². The number of ether oxygens (including phenoxy) is 2. The molecule has 1 aromatic rings. The fourth-order valence-corrected chi connectivity index (χ4v) is 1.82. The van der Waals surface area contributed by atoms with Gasteiger partial charge in [0.2, 0.25) is 0 Å². The van der Waals surface area contributed by atoms with Crippen LogP contribution >= 0.6 is 0 Å². The zero-order valence-corrected chi connectivity index (χ0v) is 14.3. The molecule has 1 amide bonds. The number of aliphatic carboxylic acids is 1. The Morgan fingerprint density at radius 2 is 1.67 bits per heavy atom. The van der Waals surface area contributed by atoms with Crippen molar-refractivity contribution in [1.29, 1.82) is 0 Å². The van der Waals surface area contributed by atoms with Crippen LogP contribution in [0.2, 0.25) is 0 Å². The van der Waals surface area contributed by atoms with Crippen molar-refractivity contribution in [2.45, 2.75) is 51.9 Å². The number of carboxylic acids is 1. The van der Waals surface area contributed by atoms with Gasteiger partial charge in [0.15, 0.2) is 0 Å². The summed E-state index contributed by atoms with van der Waals surface area (Å²) in [6.07, 6.45) is -1.44. The Morgan fingerprint density at radius 1 is 1.08 bits per heavy atom. The topological polar surface area (TPSA) is 102 Å². The van der Waals surface area contributed by atoms with Gasteiger partial charge >= 0.3 is 18.0 Å². The zero-order chi connectivity index (χ0) is 18.4. The zero-order valence-electron chi connectivity index (χ0n) is 14.3. The number of amides is 1. The average Bonchev–Trinajstić information content (AvgIpc) is 2.43. The first kappa shape index (κ1) is 19.5.